The monoisotopic (exact) mass is 613 g/mol. The van der Waals surface area contributed by atoms with Crippen molar-refractivity contribution in [2.75, 3.05) is 31.7 Å². The first-order chi connectivity index (χ1) is 17.9. The first-order valence-corrected chi connectivity index (χ1v) is 17.6. The normalized spacial score (nSPS) is 13.9. The highest BCUT2D eigenvalue weighted by Gasteiger charge is 2.23. The summed E-state index contributed by atoms with van der Waals surface area (Å²) in [6.45, 7) is 5.12. The molecule has 0 aliphatic heterocycles. The first-order valence-electron chi connectivity index (χ1n) is 15.0. The molecule has 7 nitrogen and oxygen atoms in total. The Morgan fingerprint density at radius 2 is 1.24 bits per heavy atom. The number of carbonyl (C=O) groups excluding carboxylic acids is 1. The van der Waals surface area contributed by atoms with Crippen molar-refractivity contribution in [2.45, 2.75) is 142 Å². The Balaban J connectivity index is 3.84. The van der Waals surface area contributed by atoms with Crippen molar-refractivity contribution < 1.29 is 28.0 Å². The van der Waals surface area contributed by atoms with Crippen molar-refractivity contribution >= 4 is 29.7 Å². The van der Waals surface area contributed by atoms with Gasteiger partial charge in [0.05, 0.1) is 19.3 Å². The van der Waals surface area contributed by atoms with Gasteiger partial charge in [-0.15, -0.1) is 0 Å². The van der Waals surface area contributed by atoms with E-state index in [0.29, 0.717) is 18.4 Å². The lowest BCUT2D eigenvalue weighted by atomic mass is 10.0. The SMILES string of the molecule is CCCCCCCCCCCCCCCCCC(=O)NCC(COP(=O)(O)OCCBr)OCCCCC. The fraction of sp³-hybridized carbons (Fsp3) is 0.964. The summed E-state index contributed by atoms with van der Waals surface area (Å²) in [6.07, 6.45) is 22.5. The smallest absolute Gasteiger partial charge is 0.374 e. The van der Waals surface area contributed by atoms with Gasteiger partial charge in [-0.3, -0.25) is 13.8 Å². The van der Waals surface area contributed by atoms with Crippen LogP contribution in [0.5, 0.6) is 0 Å². The number of phosphoric ester groups is 1. The number of carbonyl (C=O) groups is 1. The van der Waals surface area contributed by atoms with E-state index >= 15 is 0 Å². The summed E-state index contributed by atoms with van der Waals surface area (Å²) < 4.78 is 27.6. The van der Waals surface area contributed by atoms with Crippen LogP contribution in [0.25, 0.3) is 0 Å². The molecule has 2 N–H and O–H groups in total. The fourth-order valence-corrected chi connectivity index (χ4v) is 5.27. The summed E-state index contributed by atoms with van der Waals surface area (Å²) in [5, 5.41) is 3.33. The zero-order chi connectivity index (χ0) is 27.5. The number of rotatable bonds is 29. The molecule has 2 unspecified atom stereocenters. The van der Waals surface area contributed by atoms with E-state index in [9.17, 15) is 14.3 Å². The van der Waals surface area contributed by atoms with E-state index in [1.54, 1.807) is 0 Å². The van der Waals surface area contributed by atoms with E-state index in [0.717, 1.165) is 32.1 Å². The third kappa shape index (κ3) is 27.4. The number of unbranched alkanes of at least 4 members (excludes halogenated alkanes) is 16. The Hall–Kier alpha value is 0.0200. The van der Waals surface area contributed by atoms with Crippen molar-refractivity contribution in [3.05, 3.63) is 0 Å². The zero-order valence-corrected chi connectivity index (χ0v) is 26.3. The standard InChI is InChI=1S/C28H57BrNO6P/c1-3-5-7-8-9-10-11-12-13-14-15-16-17-18-19-21-28(31)30-25-27(34-23-20-6-4-2)26-36-37(32,33)35-24-22-29/h27H,3-26H2,1-2H3,(H,30,31)(H,32,33). The molecular weight excluding hydrogens is 557 g/mol. The highest BCUT2D eigenvalue weighted by molar-refractivity contribution is 9.09. The minimum atomic E-state index is -4.12. The molecule has 0 aromatic heterocycles. The molecule has 0 spiro atoms. The van der Waals surface area contributed by atoms with Crippen molar-refractivity contribution in [3.8, 4) is 0 Å². The molecule has 0 aromatic carbocycles. The quantitative estimate of drug-likeness (QED) is 0.0499. The molecule has 0 saturated heterocycles. The van der Waals surface area contributed by atoms with Gasteiger partial charge >= 0.3 is 7.82 Å². The number of hydrogen-bond donors (Lipinski definition) is 2. The molecule has 0 aromatic rings. The third-order valence-electron chi connectivity index (χ3n) is 6.39. The molecule has 0 bridgehead atoms. The summed E-state index contributed by atoms with van der Waals surface area (Å²) in [5.74, 6) is -0.0143. The van der Waals surface area contributed by atoms with Crippen LogP contribution in [0.15, 0.2) is 0 Å². The van der Waals surface area contributed by atoms with E-state index < -0.39 is 13.9 Å². The van der Waals surface area contributed by atoms with Crippen LogP contribution >= 0.6 is 23.8 Å². The predicted molar refractivity (Wildman–Crippen MR) is 157 cm³/mol. The average Bonchev–Trinajstić information content (AvgIpc) is 2.88. The second-order valence-corrected chi connectivity index (χ2v) is 12.2. The maximum absolute atomic E-state index is 12.3. The Morgan fingerprint density at radius 1 is 0.757 bits per heavy atom. The zero-order valence-electron chi connectivity index (χ0n) is 23.9. The van der Waals surface area contributed by atoms with Crippen molar-refractivity contribution in [2.24, 2.45) is 0 Å². The van der Waals surface area contributed by atoms with Crippen LogP contribution in [0.1, 0.15) is 136 Å². The van der Waals surface area contributed by atoms with Crippen LogP contribution in [0.3, 0.4) is 0 Å². The summed E-state index contributed by atoms with van der Waals surface area (Å²) in [7, 11) is -4.12. The number of phosphoric acid groups is 1. The Morgan fingerprint density at radius 3 is 1.76 bits per heavy atom. The molecule has 222 valence electrons. The highest BCUT2D eigenvalue weighted by atomic mass is 79.9. The number of nitrogens with one attached hydrogen (secondary N) is 1. The van der Waals surface area contributed by atoms with Crippen molar-refractivity contribution in [1.82, 2.24) is 5.32 Å². The van der Waals surface area contributed by atoms with Gasteiger partial charge < -0.3 is 14.9 Å². The second-order valence-electron chi connectivity index (χ2n) is 9.99. The molecule has 0 aliphatic rings. The molecule has 0 rings (SSSR count). The van der Waals surface area contributed by atoms with Crippen LogP contribution in [0.2, 0.25) is 0 Å². The topological polar surface area (TPSA) is 94.1 Å². The Labute approximate surface area is 236 Å². The van der Waals surface area contributed by atoms with Crippen LogP contribution in [0.4, 0.5) is 0 Å². The third-order valence-corrected chi connectivity index (χ3v) is 7.70. The Kier molecular flexibility index (Phi) is 27.6. The molecule has 0 radical (unpaired) electrons. The lowest BCUT2D eigenvalue weighted by molar-refractivity contribution is -0.122. The van der Waals surface area contributed by atoms with Crippen LogP contribution < -0.4 is 5.32 Å². The average molecular weight is 615 g/mol. The number of halogens is 1. The maximum atomic E-state index is 12.3. The van der Waals surface area contributed by atoms with Gasteiger partial charge in [0.15, 0.2) is 0 Å². The lowest BCUT2D eigenvalue weighted by Gasteiger charge is -2.20. The van der Waals surface area contributed by atoms with Gasteiger partial charge in [-0.25, -0.2) is 4.57 Å². The molecule has 2 atom stereocenters. The minimum absolute atomic E-state index is 0.0143. The molecule has 0 heterocycles. The molecular formula is C28H57BrNO6P. The maximum Gasteiger partial charge on any atom is 0.472 e. The van der Waals surface area contributed by atoms with E-state index in [2.05, 4.69) is 35.1 Å². The fourth-order valence-electron chi connectivity index (χ4n) is 4.11. The molecule has 0 saturated carbocycles. The van der Waals surface area contributed by atoms with E-state index in [4.69, 9.17) is 13.8 Å². The summed E-state index contributed by atoms with van der Waals surface area (Å²) >= 11 is 3.15. The summed E-state index contributed by atoms with van der Waals surface area (Å²) in [4.78, 5) is 22.0. The van der Waals surface area contributed by atoms with E-state index in [1.807, 2.05) is 0 Å². The van der Waals surface area contributed by atoms with E-state index in [-0.39, 0.29) is 25.7 Å². The first kappa shape index (κ1) is 37.0. The number of ether oxygens (including phenoxy) is 1. The van der Waals surface area contributed by atoms with Gasteiger partial charge in [0, 0.05) is 24.9 Å². The number of hydrogen-bond acceptors (Lipinski definition) is 5. The molecule has 0 fully saturated rings. The molecule has 37 heavy (non-hydrogen) atoms. The number of amides is 1. The van der Waals surface area contributed by atoms with E-state index in [1.165, 1.54) is 83.5 Å². The van der Waals surface area contributed by atoms with Gasteiger partial charge in [-0.05, 0) is 12.8 Å². The van der Waals surface area contributed by atoms with Crippen LogP contribution in [0, 0.1) is 0 Å². The molecule has 0 aliphatic carbocycles. The Bertz CT molecular complexity index is 555. The van der Waals surface area contributed by atoms with Gasteiger partial charge in [-0.2, -0.15) is 0 Å². The molecule has 9 heteroatoms. The minimum Gasteiger partial charge on any atom is -0.374 e. The highest BCUT2D eigenvalue weighted by Crippen LogP contribution is 2.43. The summed E-state index contributed by atoms with van der Waals surface area (Å²) in [5.41, 5.74) is 0. The predicted octanol–water partition coefficient (Wildman–Crippen LogP) is 8.47. The van der Waals surface area contributed by atoms with Gasteiger partial charge in [-0.1, -0.05) is 133 Å². The van der Waals surface area contributed by atoms with Crippen molar-refractivity contribution in [1.29, 1.82) is 0 Å². The largest absolute Gasteiger partial charge is 0.472 e. The summed E-state index contributed by atoms with van der Waals surface area (Å²) in [6, 6.07) is 0. The molecule has 1 amide bonds. The van der Waals surface area contributed by atoms with Gasteiger partial charge in [0.25, 0.3) is 0 Å². The lowest BCUT2D eigenvalue weighted by Crippen LogP contribution is -2.36. The van der Waals surface area contributed by atoms with Crippen LogP contribution in [-0.4, -0.2) is 48.6 Å². The second kappa shape index (κ2) is 27.6. The van der Waals surface area contributed by atoms with Crippen LogP contribution in [-0.2, 0) is 23.1 Å². The van der Waals surface area contributed by atoms with Gasteiger partial charge in [0.2, 0.25) is 5.91 Å². The van der Waals surface area contributed by atoms with Gasteiger partial charge in [0.1, 0.15) is 0 Å². The number of alkyl halides is 1. The van der Waals surface area contributed by atoms with Crippen molar-refractivity contribution in [3.63, 3.8) is 0 Å².